The number of nitrogens with zero attached hydrogens (tertiary/aromatic N) is 1. The van der Waals surface area contributed by atoms with E-state index in [1.54, 1.807) is 19.2 Å². The molecule has 1 fully saturated rings. The summed E-state index contributed by atoms with van der Waals surface area (Å²) in [6.07, 6.45) is 0. The van der Waals surface area contributed by atoms with Gasteiger partial charge in [0.05, 0.1) is 14.2 Å². The van der Waals surface area contributed by atoms with E-state index in [0.717, 1.165) is 11.3 Å². The zero-order chi connectivity index (χ0) is 18.5. The van der Waals surface area contributed by atoms with Crippen LogP contribution in [0.15, 0.2) is 54.6 Å². The molecule has 0 aliphatic carbocycles. The van der Waals surface area contributed by atoms with Gasteiger partial charge in [-0.25, -0.2) is 4.79 Å². The third kappa shape index (κ3) is 4.03. The number of amides is 1. The molecular formula is C20H22N2O4. The molecule has 2 unspecified atom stereocenters. The molecule has 1 aliphatic rings. The highest BCUT2D eigenvalue weighted by Crippen LogP contribution is 2.27. The summed E-state index contributed by atoms with van der Waals surface area (Å²) in [6.45, 7) is 1.27. The van der Waals surface area contributed by atoms with E-state index in [1.165, 1.54) is 7.11 Å². The molecule has 26 heavy (non-hydrogen) atoms. The standard InChI is InChI=1S/C20H22N2O4/c1-25-17-11-7-6-10-15(17)12-22-13-16(22)19(23)21-18(20(24)26-2)14-8-4-3-5-9-14/h3-11,16,18H,12-13H2,1-2H3,(H,21,23)/t16?,18-,22?/m1/s1. The van der Waals surface area contributed by atoms with Crippen molar-refractivity contribution in [3.05, 3.63) is 65.7 Å². The number of hydrogen-bond donors (Lipinski definition) is 1. The van der Waals surface area contributed by atoms with Crippen LogP contribution in [0, 0.1) is 0 Å². The summed E-state index contributed by atoms with van der Waals surface area (Å²) in [5.41, 5.74) is 1.72. The van der Waals surface area contributed by atoms with Gasteiger partial charge in [-0.15, -0.1) is 0 Å². The Bertz CT molecular complexity index is 778. The zero-order valence-electron chi connectivity index (χ0n) is 14.8. The van der Waals surface area contributed by atoms with Crippen LogP contribution < -0.4 is 10.1 Å². The van der Waals surface area contributed by atoms with Gasteiger partial charge in [-0.1, -0.05) is 48.5 Å². The molecule has 0 radical (unpaired) electrons. The number of esters is 1. The first kappa shape index (κ1) is 17.9. The number of carbonyl (C=O) groups excluding carboxylic acids is 2. The summed E-state index contributed by atoms with van der Waals surface area (Å²) in [5, 5.41) is 2.80. The van der Waals surface area contributed by atoms with Gasteiger partial charge in [-0.2, -0.15) is 0 Å². The number of benzene rings is 2. The van der Waals surface area contributed by atoms with Gasteiger partial charge in [-0.3, -0.25) is 9.69 Å². The van der Waals surface area contributed by atoms with Crippen molar-refractivity contribution < 1.29 is 19.1 Å². The Labute approximate surface area is 152 Å². The molecule has 0 spiro atoms. The number of nitrogens with one attached hydrogen (secondary N) is 1. The lowest BCUT2D eigenvalue weighted by molar-refractivity contribution is -0.145. The Morgan fingerprint density at radius 1 is 1.12 bits per heavy atom. The zero-order valence-corrected chi connectivity index (χ0v) is 14.8. The van der Waals surface area contributed by atoms with Crippen molar-refractivity contribution in [3.63, 3.8) is 0 Å². The third-order valence-corrected chi connectivity index (χ3v) is 4.44. The van der Waals surface area contributed by atoms with Gasteiger partial charge in [0.15, 0.2) is 6.04 Å². The van der Waals surface area contributed by atoms with Gasteiger partial charge in [0, 0.05) is 18.7 Å². The molecule has 1 heterocycles. The Balaban J connectivity index is 1.64. The van der Waals surface area contributed by atoms with Crippen LogP contribution in [-0.4, -0.2) is 43.6 Å². The van der Waals surface area contributed by atoms with Gasteiger partial charge < -0.3 is 14.8 Å². The largest absolute Gasteiger partial charge is 0.496 e. The number of methoxy groups -OCH3 is 2. The molecule has 6 nitrogen and oxygen atoms in total. The van der Waals surface area contributed by atoms with E-state index in [4.69, 9.17) is 9.47 Å². The minimum absolute atomic E-state index is 0.181. The van der Waals surface area contributed by atoms with Crippen LogP contribution in [0.5, 0.6) is 5.75 Å². The lowest BCUT2D eigenvalue weighted by atomic mass is 10.1. The predicted molar refractivity (Wildman–Crippen MR) is 96.5 cm³/mol. The van der Waals surface area contributed by atoms with E-state index in [2.05, 4.69) is 5.32 Å². The quantitative estimate of drug-likeness (QED) is 0.608. The van der Waals surface area contributed by atoms with Gasteiger partial charge >= 0.3 is 5.97 Å². The van der Waals surface area contributed by atoms with E-state index in [0.29, 0.717) is 18.7 Å². The van der Waals surface area contributed by atoms with Crippen LogP contribution in [0.2, 0.25) is 0 Å². The lowest BCUT2D eigenvalue weighted by Crippen LogP contribution is -2.38. The molecule has 2 aromatic rings. The fourth-order valence-corrected chi connectivity index (χ4v) is 2.93. The molecule has 6 heteroatoms. The Kier molecular flexibility index (Phi) is 5.53. The maximum Gasteiger partial charge on any atom is 0.333 e. The van der Waals surface area contributed by atoms with Crippen LogP contribution in [-0.2, 0) is 20.9 Å². The van der Waals surface area contributed by atoms with Crippen LogP contribution in [0.4, 0.5) is 0 Å². The van der Waals surface area contributed by atoms with Crippen molar-refractivity contribution in [1.82, 2.24) is 10.2 Å². The molecule has 1 saturated heterocycles. The Morgan fingerprint density at radius 3 is 2.50 bits per heavy atom. The molecule has 1 amide bonds. The van der Waals surface area contributed by atoms with Crippen LogP contribution in [0.3, 0.4) is 0 Å². The van der Waals surface area contributed by atoms with E-state index >= 15 is 0 Å². The summed E-state index contributed by atoms with van der Waals surface area (Å²) >= 11 is 0. The topological polar surface area (TPSA) is 67.6 Å². The van der Waals surface area contributed by atoms with Gasteiger partial charge in [0.1, 0.15) is 11.8 Å². The van der Waals surface area contributed by atoms with Gasteiger partial charge in [0.2, 0.25) is 5.91 Å². The maximum atomic E-state index is 12.6. The van der Waals surface area contributed by atoms with Crippen molar-refractivity contribution in [2.45, 2.75) is 18.6 Å². The first-order valence-corrected chi connectivity index (χ1v) is 8.43. The second kappa shape index (κ2) is 8.01. The second-order valence-electron chi connectivity index (χ2n) is 6.13. The van der Waals surface area contributed by atoms with Gasteiger partial charge in [0.25, 0.3) is 0 Å². The van der Waals surface area contributed by atoms with E-state index in [9.17, 15) is 9.59 Å². The molecule has 3 atom stereocenters. The summed E-state index contributed by atoms with van der Waals surface area (Å²) in [7, 11) is 2.95. The maximum absolute atomic E-state index is 12.6. The molecule has 1 aliphatic heterocycles. The monoisotopic (exact) mass is 354 g/mol. The van der Waals surface area contributed by atoms with Crippen molar-refractivity contribution >= 4 is 11.9 Å². The summed E-state index contributed by atoms with van der Waals surface area (Å²) in [4.78, 5) is 26.7. The number of rotatable bonds is 7. The minimum Gasteiger partial charge on any atom is -0.496 e. The molecule has 0 saturated carbocycles. The smallest absolute Gasteiger partial charge is 0.333 e. The van der Waals surface area contributed by atoms with Crippen molar-refractivity contribution in [2.24, 2.45) is 0 Å². The Hall–Kier alpha value is -2.86. The highest BCUT2D eigenvalue weighted by atomic mass is 16.5. The second-order valence-corrected chi connectivity index (χ2v) is 6.13. The molecule has 0 aromatic heterocycles. The highest BCUT2D eigenvalue weighted by molar-refractivity contribution is 5.90. The number of para-hydroxylation sites is 1. The molecule has 2 aromatic carbocycles. The van der Waals surface area contributed by atoms with Crippen LogP contribution in [0.1, 0.15) is 17.2 Å². The summed E-state index contributed by atoms with van der Waals surface area (Å²) < 4.78 is 10.2. The first-order chi connectivity index (χ1) is 12.6. The minimum atomic E-state index is -0.803. The van der Waals surface area contributed by atoms with Crippen molar-refractivity contribution in [1.29, 1.82) is 0 Å². The molecular weight excluding hydrogens is 332 g/mol. The number of hydrogen-bond acceptors (Lipinski definition) is 5. The van der Waals surface area contributed by atoms with E-state index in [-0.39, 0.29) is 11.9 Å². The predicted octanol–water partition coefficient (Wildman–Crippen LogP) is 1.91. The molecule has 1 N–H and O–H groups in total. The lowest BCUT2D eigenvalue weighted by Gasteiger charge is -2.17. The average molecular weight is 354 g/mol. The molecule has 136 valence electrons. The van der Waals surface area contributed by atoms with Crippen LogP contribution >= 0.6 is 0 Å². The van der Waals surface area contributed by atoms with Crippen LogP contribution in [0.25, 0.3) is 0 Å². The van der Waals surface area contributed by atoms with Crippen molar-refractivity contribution in [3.8, 4) is 5.75 Å². The SMILES string of the molecule is COC(=O)[C@H](NC(=O)C1CN1Cc1ccccc1OC)c1ccccc1. The fraction of sp³-hybridized carbons (Fsp3) is 0.300. The Morgan fingerprint density at radius 2 is 1.81 bits per heavy atom. The third-order valence-electron chi connectivity index (χ3n) is 4.44. The average Bonchev–Trinajstić information content (AvgIpc) is 3.45. The number of ether oxygens (including phenoxy) is 2. The molecule has 3 rings (SSSR count). The normalized spacial score (nSPS) is 19.3. The summed E-state index contributed by atoms with van der Waals surface area (Å²) in [6, 6.07) is 15.8. The number of carbonyl (C=O) groups is 2. The van der Waals surface area contributed by atoms with E-state index < -0.39 is 12.0 Å². The van der Waals surface area contributed by atoms with E-state index in [1.807, 2.05) is 47.4 Å². The summed E-state index contributed by atoms with van der Waals surface area (Å²) in [5.74, 6) is 0.135. The first-order valence-electron chi connectivity index (χ1n) is 8.43. The molecule has 0 bridgehead atoms. The highest BCUT2D eigenvalue weighted by Gasteiger charge is 2.42. The fourth-order valence-electron chi connectivity index (χ4n) is 2.93. The van der Waals surface area contributed by atoms with Crippen molar-refractivity contribution in [2.75, 3.05) is 20.8 Å². The van der Waals surface area contributed by atoms with Gasteiger partial charge in [-0.05, 0) is 11.6 Å².